The molecule has 0 saturated carbocycles. The van der Waals surface area contributed by atoms with Crippen LogP contribution in [-0.2, 0) is 0 Å². The van der Waals surface area contributed by atoms with Crippen LogP contribution >= 0.6 is 11.6 Å². The normalized spacial score (nSPS) is 28.4. The van der Waals surface area contributed by atoms with Gasteiger partial charge in [0.25, 0.3) is 5.91 Å². The first-order chi connectivity index (χ1) is 9.54. The Labute approximate surface area is 125 Å². The predicted molar refractivity (Wildman–Crippen MR) is 81.3 cm³/mol. The third-order valence-corrected chi connectivity index (χ3v) is 5.15. The summed E-state index contributed by atoms with van der Waals surface area (Å²) in [6.45, 7) is 1.93. The van der Waals surface area contributed by atoms with Gasteiger partial charge in [-0.05, 0) is 56.4 Å². The zero-order valence-corrected chi connectivity index (χ0v) is 12.8. The van der Waals surface area contributed by atoms with Gasteiger partial charge in [0.05, 0.1) is 0 Å². The molecule has 2 atom stereocenters. The molecule has 1 N–H and O–H groups in total. The molecule has 1 aromatic carbocycles. The molecule has 108 valence electrons. The van der Waals surface area contributed by atoms with Crippen LogP contribution in [0.5, 0.6) is 0 Å². The lowest BCUT2D eigenvalue weighted by Crippen LogP contribution is -2.48. The van der Waals surface area contributed by atoms with Gasteiger partial charge in [-0.1, -0.05) is 11.6 Å². The van der Waals surface area contributed by atoms with E-state index in [-0.39, 0.29) is 5.91 Å². The van der Waals surface area contributed by atoms with Crippen molar-refractivity contribution >= 4 is 17.5 Å². The van der Waals surface area contributed by atoms with Crippen LogP contribution in [0.15, 0.2) is 18.2 Å². The number of fused-ring (bicyclic) bond motifs is 2. The van der Waals surface area contributed by atoms with Crippen molar-refractivity contribution in [1.29, 1.82) is 0 Å². The summed E-state index contributed by atoms with van der Waals surface area (Å²) in [7, 11) is 1.93. The average molecular weight is 293 g/mol. The lowest BCUT2D eigenvalue weighted by Gasteiger charge is -2.35. The molecule has 1 amide bonds. The summed E-state index contributed by atoms with van der Waals surface area (Å²) in [5, 5.41) is 4.33. The monoisotopic (exact) mass is 292 g/mol. The molecule has 2 aliphatic rings. The minimum absolute atomic E-state index is 0.107. The number of carbonyl (C=O) groups excluding carboxylic acids is 1. The maximum absolute atomic E-state index is 12.6. The molecule has 0 radical (unpaired) electrons. The molecular formula is C16H21ClN2O. The number of carbonyl (C=O) groups is 1. The molecular weight excluding hydrogens is 272 g/mol. The molecule has 2 saturated heterocycles. The van der Waals surface area contributed by atoms with E-state index < -0.39 is 0 Å². The summed E-state index contributed by atoms with van der Waals surface area (Å²) < 4.78 is 0. The van der Waals surface area contributed by atoms with Crippen molar-refractivity contribution in [3.8, 4) is 0 Å². The molecule has 3 rings (SSSR count). The van der Waals surface area contributed by atoms with Gasteiger partial charge in [0.2, 0.25) is 0 Å². The maximum atomic E-state index is 12.6. The van der Waals surface area contributed by atoms with E-state index in [1.807, 2.05) is 37.1 Å². The Morgan fingerprint density at radius 1 is 1.30 bits per heavy atom. The van der Waals surface area contributed by atoms with Gasteiger partial charge in [-0.25, -0.2) is 0 Å². The quantitative estimate of drug-likeness (QED) is 0.909. The van der Waals surface area contributed by atoms with Gasteiger partial charge in [0, 0.05) is 35.8 Å². The molecule has 4 heteroatoms. The average Bonchev–Trinajstić information content (AvgIpc) is 2.79. The highest BCUT2D eigenvalue weighted by atomic mass is 35.5. The maximum Gasteiger partial charge on any atom is 0.253 e. The molecule has 2 unspecified atom stereocenters. The first-order valence-electron chi connectivity index (χ1n) is 7.34. The molecule has 2 fully saturated rings. The van der Waals surface area contributed by atoms with Gasteiger partial charge in [0.15, 0.2) is 0 Å². The lowest BCUT2D eigenvalue weighted by molar-refractivity contribution is 0.0681. The minimum atomic E-state index is 0.107. The Kier molecular flexibility index (Phi) is 3.74. The van der Waals surface area contributed by atoms with Gasteiger partial charge in [-0.2, -0.15) is 0 Å². The number of halogens is 1. The zero-order valence-electron chi connectivity index (χ0n) is 12.0. The van der Waals surface area contributed by atoms with E-state index in [2.05, 4.69) is 5.32 Å². The van der Waals surface area contributed by atoms with E-state index >= 15 is 0 Å². The van der Waals surface area contributed by atoms with E-state index in [0.29, 0.717) is 23.1 Å². The number of hydrogen-bond donors (Lipinski definition) is 1. The molecule has 0 aliphatic carbocycles. The molecule has 2 aliphatic heterocycles. The zero-order chi connectivity index (χ0) is 14.3. The second-order valence-electron chi connectivity index (χ2n) is 6.14. The Hall–Kier alpha value is -1.06. The van der Waals surface area contributed by atoms with Crippen LogP contribution in [0.4, 0.5) is 0 Å². The number of amides is 1. The lowest BCUT2D eigenvalue weighted by atomic mass is 9.98. The van der Waals surface area contributed by atoms with Crippen molar-refractivity contribution in [3.05, 3.63) is 34.3 Å². The van der Waals surface area contributed by atoms with Gasteiger partial charge in [-0.3, -0.25) is 4.79 Å². The van der Waals surface area contributed by atoms with Crippen molar-refractivity contribution < 1.29 is 4.79 Å². The standard InChI is InChI=1S/C16H21ClN2O/c1-10-7-11(3-6-15(10)17)16(20)19(2)14-8-12-4-5-13(9-14)18-12/h3,6-7,12-14,18H,4-5,8-9H2,1-2H3. The van der Waals surface area contributed by atoms with Crippen LogP contribution in [0, 0.1) is 6.92 Å². The Morgan fingerprint density at radius 3 is 2.55 bits per heavy atom. The summed E-state index contributed by atoms with van der Waals surface area (Å²) in [6, 6.07) is 7.07. The summed E-state index contributed by atoms with van der Waals surface area (Å²) in [5.74, 6) is 0.107. The van der Waals surface area contributed by atoms with Gasteiger partial charge < -0.3 is 10.2 Å². The smallest absolute Gasteiger partial charge is 0.253 e. The van der Waals surface area contributed by atoms with Crippen LogP contribution in [0.3, 0.4) is 0 Å². The minimum Gasteiger partial charge on any atom is -0.339 e. The van der Waals surface area contributed by atoms with Crippen molar-refractivity contribution in [1.82, 2.24) is 10.2 Å². The number of aryl methyl sites for hydroxylation is 1. The number of hydrogen-bond acceptors (Lipinski definition) is 2. The molecule has 2 heterocycles. The number of nitrogens with zero attached hydrogens (tertiary/aromatic N) is 1. The second kappa shape index (κ2) is 5.38. The van der Waals surface area contributed by atoms with Gasteiger partial charge in [-0.15, -0.1) is 0 Å². The van der Waals surface area contributed by atoms with Crippen LogP contribution in [0.1, 0.15) is 41.6 Å². The molecule has 2 bridgehead atoms. The molecule has 1 aromatic rings. The fourth-order valence-electron chi connectivity index (χ4n) is 3.49. The first-order valence-corrected chi connectivity index (χ1v) is 7.71. The first kappa shape index (κ1) is 13.9. The van der Waals surface area contributed by atoms with Crippen LogP contribution in [0.2, 0.25) is 5.02 Å². The highest BCUT2D eigenvalue weighted by Crippen LogP contribution is 2.30. The van der Waals surface area contributed by atoms with Crippen molar-refractivity contribution in [2.45, 2.75) is 50.7 Å². The fourth-order valence-corrected chi connectivity index (χ4v) is 3.61. The fraction of sp³-hybridized carbons (Fsp3) is 0.562. The van der Waals surface area contributed by atoms with Crippen molar-refractivity contribution in [3.63, 3.8) is 0 Å². The van der Waals surface area contributed by atoms with E-state index in [1.165, 1.54) is 12.8 Å². The topological polar surface area (TPSA) is 32.3 Å². The number of piperidine rings is 1. The molecule has 0 spiro atoms. The second-order valence-corrected chi connectivity index (χ2v) is 6.55. The molecule has 20 heavy (non-hydrogen) atoms. The van der Waals surface area contributed by atoms with Gasteiger partial charge >= 0.3 is 0 Å². The summed E-state index contributed by atoms with van der Waals surface area (Å²) in [4.78, 5) is 14.5. The highest BCUT2D eigenvalue weighted by Gasteiger charge is 2.36. The third-order valence-electron chi connectivity index (χ3n) is 4.72. The SMILES string of the molecule is Cc1cc(C(=O)N(C)C2CC3CCC(C2)N3)ccc1Cl. The predicted octanol–water partition coefficient (Wildman–Crippen LogP) is 3.00. The Morgan fingerprint density at radius 2 is 1.95 bits per heavy atom. The number of nitrogens with one attached hydrogen (secondary N) is 1. The summed E-state index contributed by atoms with van der Waals surface area (Å²) >= 11 is 6.03. The molecule has 0 aromatic heterocycles. The third kappa shape index (κ3) is 2.57. The van der Waals surface area contributed by atoms with E-state index in [4.69, 9.17) is 11.6 Å². The largest absolute Gasteiger partial charge is 0.339 e. The number of rotatable bonds is 2. The molecule has 3 nitrogen and oxygen atoms in total. The van der Waals surface area contributed by atoms with Crippen LogP contribution in [-0.4, -0.2) is 36.0 Å². The Balaban J connectivity index is 1.74. The Bertz CT molecular complexity index is 519. The van der Waals surface area contributed by atoms with Crippen LogP contribution in [0.25, 0.3) is 0 Å². The van der Waals surface area contributed by atoms with E-state index in [0.717, 1.165) is 24.0 Å². The highest BCUT2D eigenvalue weighted by molar-refractivity contribution is 6.31. The van der Waals surface area contributed by atoms with Gasteiger partial charge in [0.1, 0.15) is 0 Å². The van der Waals surface area contributed by atoms with Crippen molar-refractivity contribution in [2.75, 3.05) is 7.05 Å². The summed E-state index contributed by atoms with van der Waals surface area (Å²) in [6.07, 6.45) is 4.66. The van der Waals surface area contributed by atoms with Crippen molar-refractivity contribution in [2.24, 2.45) is 0 Å². The van der Waals surface area contributed by atoms with E-state index in [9.17, 15) is 4.79 Å². The summed E-state index contributed by atoms with van der Waals surface area (Å²) in [5.41, 5.74) is 1.69. The number of benzene rings is 1. The van der Waals surface area contributed by atoms with Crippen LogP contribution < -0.4 is 5.32 Å². The van der Waals surface area contributed by atoms with E-state index in [1.54, 1.807) is 0 Å².